The monoisotopic (exact) mass is 1000 g/mol. The van der Waals surface area contributed by atoms with Crippen molar-refractivity contribution in [1.82, 2.24) is 0 Å². The largest absolute Gasteiger partial charge is 0.462 e. The Balaban J connectivity index is 4.27. The number of carbonyl (C=O) groups is 3. The molecule has 0 aromatic heterocycles. The Labute approximate surface area is 445 Å². The maximum atomic E-state index is 12.9. The smallest absolute Gasteiger partial charge is 0.306 e. The van der Waals surface area contributed by atoms with Gasteiger partial charge in [-0.3, -0.25) is 14.4 Å². The van der Waals surface area contributed by atoms with Gasteiger partial charge in [0, 0.05) is 19.3 Å². The van der Waals surface area contributed by atoms with Crippen LogP contribution in [0.2, 0.25) is 0 Å². The second-order valence-electron chi connectivity index (χ2n) is 20.2. The number of ether oxygens (including phenoxy) is 3. The number of carbonyl (C=O) groups excluding carboxylic acids is 3. The zero-order chi connectivity index (χ0) is 52.2. The van der Waals surface area contributed by atoms with Gasteiger partial charge in [-0.2, -0.15) is 0 Å². The minimum absolute atomic E-state index is 0.0827. The van der Waals surface area contributed by atoms with Crippen LogP contribution in [0.3, 0.4) is 0 Å². The quantitative estimate of drug-likeness (QED) is 0.0261. The van der Waals surface area contributed by atoms with Gasteiger partial charge in [0.1, 0.15) is 13.2 Å². The lowest BCUT2D eigenvalue weighted by atomic mass is 10.0. The first-order valence-electron chi connectivity index (χ1n) is 30.6. The average molecular weight is 1000 g/mol. The SMILES string of the molecule is CC/C=C\C/C=C\C/C=C\C/C=C\C/C=C\CCCCCCCCCCCCCC(=O)OCC(COC(=O)CCCCCCC/C=C\CCCCC)OC(=O)CCCCCCC/C=C\CCCCCCCC. The number of hydrogen-bond acceptors (Lipinski definition) is 6. The number of rotatable bonds is 55. The number of allylic oxidation sites excluding steroid dienone is 14. The van der Waals surface area contributed by atoms with Crippen LogP contribution in [-0.2, 0) is 28.6 Å². The van der Waals surface area contributed by atoms with Gasteiger partial charge < -0.3 is 14.2 Å². The number of unbranched alkanes of at least 4 members (excludes halogenated alkanes) is 30. The highest BCUT2D eigenvalue weighted by Gasteiger charge is 2.19. The predicted octanol–water partition coefficient (Wildman–Crippen LogP) is 20.7. The number of esters is 3. The molecule has 6 heteroatoms. The Morgan fingerprint density at radius 3 is 0.889 bits per heavy atom. The molecule has 0 aliphatic rings. The highest BCUT2D eigenvalue weighted by molar-refractivity contribution is 5.71. The van der Waals surface area contributed by atoms with Crippen molar-refractivity contribution in [2.24, 2.45) is 0 Å². The highest BCUT2D eigenvalue weighted by Crippen LogP contribution is 2.15. The summed E-state index contributed by atoms with van der Waals surface area (Å²) < 4.78 is 16.9. The highest BCUT2D eigenvalue weighted by atomic mass is 16.6. The lowest BCUT2D eigenvalue weighted by molar-refractivity contribution is -0.167. The first kappa shape index (κ1) is 68.6. The van der Waals surface area contributed by atoms with Gasteiger partial charge in [0.2, 0.25) is 0 Å². The lowest BCUT2D eigenvalue weighted by Gasteiger charge is -2.18. The Bertz CT molecular complexity index is 1380. The summed E-state index contributed by atoms with van der Waals surface area (Å²) >= 11 is 0. The summed E-state index contributed by atoms with van der Waals surface area (Å²) in [6, 6.07) is 0. The fourth-order valence-electron chi connectivity index (χ4n) is 8.52. The molecule has 414 valence electrons. The summed E-state index contributed by atoms with van der Waals surface area (Å²) in [5.41, 5.74) is 0. The molecule has 0 fully saturated rings. The Kier molecular flexibility index (Phi) is 57.3. The summed E-state index contributed by atoms with van der Waals surface area (Å²) in [7, 11) is 0. The molecule has 0 spiro atoms. The minimum atomic E-state index is -0.785. The van der Waals surface area contributed by atoms with Crippen LogP contribution in [0, 0.1) is 0 Å². The average Bonchev–Trinajstić information content (AvgIpc) is 3.38. The zero-order valence-corrected chi connectivity index (χ0v) is 47.4. The normalized spacial score (nSPS) is 12.7. The van der Waals surface area contributed by atoms with Gasteiger partial charge in [0.15, 0.2) is 6.10 Å². The summed E-state index contributed by atoms with van der Waals surface area (Å²) in [4.78, 5) is 38.2. The van der Waals surface area contributed by atoms with E-state index in [0.29, 0.717) is 19.3 Å². The molecule has 0 saturated heterocycles. The van der Waals surface area contributed by atoms with Gasteiger partial charge in [-0.25, -0.2) is 0 Å². The Hall–Kier alpha value is -3.41. The second kappa shape index (κ2) is 60.1. The van der Waals surface area contributed by atoms with Crippen LogP contribution in [0.15, 0.2) is 85.1 Å². The van der Waals surface area contributed by atoms with Crippen molar-refractivity contribution in [2.45, 2.75) is 303 Å². The predicted molar refractivity (Wildman–Crippen MR) is 311 cm³/mol. The van der Waals surface area contributed by atoms with Gasteiger partial charge in [-0.05, 0) is 116 Å². The van der Waals surface area contributed by atoms with E-state index in [9.17, 15) is 14.4 Å². The maximum absolute atomic E-state index is 12.9. The van der Waals surface area contributed by atoms with Crippen LogP contribution in [0.1, 0.15) is 297 Å². The van der Waals surface area contributed by atoms with Gasteiger partial charge >= 0.3 is 17.9 Å². The summed E-state index contributed by atoms with van der Waals surface area (Å²) in [6.45, 7) is 6.50. The van der Waals surface area contributed by atoms with Gasteiger partial charge in [0.05, 0.1) is 0 Å². The topological polar surface area (TPSA) is 78.9 Å². The third-order valence-corrected chi connectivity index (χ3v) is 13.1. The minimum Gasteiger partial charge on any atom is -0.462 e. The standard InChI is InChI=1S/C66H114O6/c1-4-7-10-13-16-19-22-25-27-28-29-30-31-32-33-34-35-36-37-38-40-41-44-47-50-53-56-59-65(68)71-62-63(61-70-64(67)58-55-52-49-46-43-24-21-18-15-12-9-6-3)72-66(69)60-57-54-51-48-45-42-39-26-23-20-17-14-11-8-5-2/h7,10,16,18-19,21,25-27,29-30,32-33,39,63H,4-6,8-9,11-15,17,20,22-24,28,31,34-38,40-62H2,1-3H3/b10-7-,19-16-,21-18-,27-25-,30-29-,33-32-,39-26-. The van der Waals surface area contributed by atoms with Crippen LogP contribution < -0.4 is 0 Å². The molecule has 0 aromatic rings. The van der Waals surface area contributed by atoms with Crippen LogP contribution in [0.5, 0.6) is 0 Å². The van der Waals surface area contributed by atoms with Crippen LogP contribution in [0.4, 0.5) is 0 Å². The molecule has 6 nitrogen and oxygen atoms in total. The van der Waals surface area contributed by atoms with E-state index < -0.39 is 6.10 Å². The Morgan fingerprint density at radius 1 is 0.292 bits per heavy atom. The molecule has 72 heavy (non-hydrogen) atoms. The Morgan fingerprint density at radius 2 is 0.542 bits per heavy atom. The van der Waals surface area contributed by atoms with Crippen molar-refractivity contribution in [3.63, 3.8) is 0 Å². The van der Waals surface area contributed by atoms with Gasteiger partial charge in [-0.1, -0.05) is 247 Å². The number of hydrogen-bond donors (Lipinski definition) is 0. The molecule has 0 aliphatic heterocycles. The molecule has 0 N–H and O–H groups in total. The van der Waals surface area contributed by atoms with E-state index >= 15 is 0 Å². The zero-order valence-electron chi connectivity index (χ0n) is 47.4. The molecule has 1 unspecified atom stereocenters. The van der Waals surface area contributed by atoms with Crippen LogP contribution in [-0.4, -0.2) is 37.2 Å². The third kappa shape index (κ3) is 57.5. The van der Waals surface area contributed by atoms with E-state index in [4.69, 9.17) is 14.2 Å². The summed E-state index contributed by atoms with van der Waals surface area (Å²) in [6.07, 6.45) is 78.7. The van der Waals surface area contributed by atoms with Crippen molar-refractivity contribution >= 4 is 17.9 Å². The molecule has 1 atom stereocenters. The van der Waals surface area contributed by atoms with Crippen molar-refractivity contribution < 1.29 is 28.6 Å². The van der Waals surface area contributed by atoms with Crippen molar-refractivity contribution in [2.75, 3.05) is 13.2 Å². The molecule has 0 aliphatic carbocycles. The first-order valence-corrected chi connectivity index (χ1v) is 30.6. The lowest BCUT2D eigenvalue weighted by Crippen LogP contribution is -2.30. The maximum Gasteiger partial charge on any atom is 0.306 e. The van der Waals surface area contributed by atoms with Gasteiger partial charge in [0.25, 0.3) is 0 Å². The fourth-order valence-corrected chi connectivity index (χ4v) is 8.52. The second-order valence-corrected chi connectivity index (χ2v) is 20.2. The molecule has 0 aromatic carbocycles. The molecule has 0 bridgehead atoms. The van der Waals surface area contributed by atoms with E-state index in [0.717, 1.165) is 109 Å². The van der Waals surface area contributed by atoms with E-state index in [1.165, 1.54) is 148 Å². The molecule has 0 heterocycles. The van der Waals surface area contributed by atoms with Crippen molar-refractivity contribution in [3.05, 3.63) is 85.1 Å². The first-order chi connectivity index (χ1) is 35.5. The third-order valence-electron chi connectivity index (χ3n) is 13.1. The van der Waals surface area contributed by atoms with Crippen molar-refractivity contribution in [1.29, 1.82) is 0 Å². The van der Waals surface area contributed by atoms with Crippen LogP contribution in [0.25, 0.3) is 0 Å². The molecular weight excluding hydrogens is 889 g/mol. The summed E-state index contributed by atoms with van der Waals surface area (Å²) in [5.74, 6) is -0.895. The summed E-state index contributed by atoms with van der Waals surface area (Å²) in [5, 5.41) is 0. The van der Waals surface area contributed by atoms with Gasteiger partial charge in [-0.15, -0.1) is 0 Å². The molecule has 0 saturated carbocycles. The molecule has 0 radical (unpaired) electrons. The fraction of sp³-hybridized carbons (Fsp3) is 0.742. The molecule has 0 amide bonds. The van der Waals surface area contributed by atoms with E-state index in [-0.39, 0.29) is 31.1 Å². The molecular formula is C66H114O6. The van der Waals surface area contributed by atoms with E-state index in [1.807, 2.05) is 0 Å². The molecule has 0 rings (SSSR count). The van der Waals surface area contributed by atoms with Crippen LogP contribution >= 0.6 is 0 Å². The van der Waals surface area contributed by atoms with E-state index in [1.54, 1.807) is 0 Å². The van der Waals surface area contributed by atoms with E-state index in [2.05, 4.69) is 106 Å². The van der Waals surface area contributed by atoms with Crippen molar-refractivity contribution in [3.8, 4) is 0 Å².